The molecule has 132 valence electrons. The van der Waals surface area contributed by atoms with E-state index in [1.807, 2.05) is 30.3 Å². The van der Waals surface area contributed by atoms with E-state index in [4.69, 9.17) is 16.3 Å². The van der Waals surface area contributed by atoms with Gasteiger partial charge in [-0.2, -0.15) is 0 Å². The van der Waals surface area contributed by atoms with Crippen LogP contribution in [0.5, 0.6) is 5.75 Å². The Labute approximate surface area is 161 Å². The molecule has 0 spiro atoms. The number of halogens is 1. The minimum absolute atomic E-state index is 0.139. The van der Waals surface area contributed by atoms with E-state index >= 15 is 0 Å². The SMILES string of the molecule is CC1(C)Cc2cc(/C=C3/SC(=Nc4ccc(Cl)cc4)NC3=O)ccc2O1. The van der Waals surface area contributed by atoms with Crippen molar-refractivity contribution in [3.63, 3.8) is 0 Å². The Morgan fingerprint density at radius 1 is 1.23 bits per heavy atom. The molecule has 4 rings (SSSR count). The highest BCUT2D eigenvalue weighted by Crippen LogP contribution is 2.36. The van der Waals surface area contributed by atoms with Gasteiger partial charge in [-0.25, -0.2) is 4.99 Å². The molecule has 0 radical (unpaired) electrons. The van der Waals surface area contributed by atoms with Gasteiger partial charge in [0.1, 0.15) is 11.4 Å². The third-order valence-electron chi connectivity index (χ3n) is 4.09. The van der Waals surface area contributed by atoms with Crippen molar-refractivity contribution in [2.24, 2.45) is 4.99 Å². The van der Waals surface area contributed by atoms with Crippen molar-refractivity contribution in [2.75, 3.05) is 0 Å². The number of rotatable bonds is 2. The van der Waals surface area contributed by atoms with Crippen molar-refractivity contribution in [1.82, 2.24) is 5.32 Å². The van der Waals surface area contributed by atoms with Crippen LogP contribution in [0.4, 0.5) is 5.69 Å². The van der Waals surface area contributed by atoms with Gasteiger partial charge in [-0.1, -0.05) is 17.7 Å². The highest BCUT2D eigenvalue weighted by molar-refractivity contribution is 8.18. The molecule has 0 atom stereocenters. The predicted molar refractivity (Wildman–Crippen MR) is 107 cm³/mol. The van der Waals surface area contributed by atoms with Crippen LogP contribution in [0.1, 0.15) is 25.0 Å². The van der Waals surface area contributed by atoms with Gasteiger partial charge in [0.25, 0.3) is 5.91 Å². The average molecular weight is 385 g/mol. The first-order valence-electron chi connectivity index (χ1n) is 8.25. The fraction of sp³-hybridized carbons (Fsp3) is 0.200. The van der Waals surface area contributed by atoms with E-state index in [2.05, 4.69) is 30.2 Å². The van der Waals surface area contributed by atoms with E-state index in [-0.39, 0.29) is 11.5 Å². The number of hydrogen-bond donors (Lipinski definition) is 1. The number of ether oxygens (including phenoxy) is 1. The molecule has 1 N–H and O–H groups in total. The zero-order valence-electron chi connectivity index (χ0n) is 14.4. The summed E-state index contributed by atoms with van der Waals surface area (Å²) in [7, 11) is 0. The number of amidine groups is 1. The molecule has 2 aliphatic rings. The maximum absolute atomic E-state index is 12.2. The Balaban J connectivity index is 1.55. The maximum atomic E-state index is 12.2. The number of benzene rings is 2. The van der Waals surface area contributed by atoms with Gasteiger partial charge < -0.3 is 10.1 Å². The van der Waals surface area contributed by atoms with Gasteiger partial charge in [0.05, 0.1) is 10.6 Å². The largest absolute Gasteiger partial charge is 0.487 e. The molecule has 26 heavy (non-hydrogen) atoms. The first-order valence-corrected chi connectivity index (χ1v) is 9.45. The molecular formula is C20H17ClN2O2S. The van der Waals surface area contributed by atoms with Crippen LogP contribution >= 0.6 is 23.4 Å². The standard InChI is InChI=1S/C20H17ClN2O2S/c1-20(2)11-13-9-12(3-8-16(13)25-20)10-17-18(24)23-19(26-17)22-15-6-4-14(21)5-7-15/h3-10H,11H2,1-2H3,(H,22,23,24)/b17-10+. The Hall–Kier alpha value is -2.24. The van der Waals surface area contributed by atoms with Crippen molar-refractivity contribution >= 4 is 46.2 Å². The Morgan fingerprint density at radius 2 is 2.00 bits per heavy atom. The lowest BCUT2D eigenvalue weighted by Crippen LogP contribution is -2.24. The molecule has 0 unspecified atom stereocenters. The molecule has 2 aliphatic heterocycles. The monoisotopic (exact) mass is 384 g/mol. The number of aliphatic imine (C=N–C) groups is 1. The second-order valence-electron chi connectivity index (χ2n) is 6.86. The van der Waals surface area contributed by atoms with Crippen LogP contribution in [0.25, 0.3) is 6.08 Å². The van der Waals surface area contributed by atoms with Crippen molar-refractivity contribution < 1.29 is 9.53 Å². The molecule has 4 nitrogen and oxygen atoms in total. The number of fused-ring (bicyclic) bond motifs is 1. The topological polar surface area (TPSA) is 50.7 Å². The summed E-state index contributed by atoms with van der Waals surface area (Å²) in [6.07, 6.45) is 2.75. The normalized spacial score (nSPS) is 21.0. The summed E-state index contributed by atoms with van der Waals surface area (Å²) in [5, 5.41) is 4.02. The van der Waals surface area contributed by atoms with Gasteiger partial charge in [0.15, 0.2) is 5.17 Å². The van der Waals surface area contributed by atoms with E-state index in [0.29, 0.717) is 15.1 Å². The van der Waals surface area contributed by atoms with Crippen LogP contribution in [0.15, 0.2) is 52.4 Å². The number of nitrogens with one attached hydrogen (secondary N) is 1. The third-order valence-corrected chi connectivity index (χ3v) is 5.25. The van der Waals surface area contributed by atoms with Gasteiger partial charge in [0, 0.05) is 11.4 Å². The predicted octanol–water partition coefficient (Wildman–Crippen LogP) is 4.95. The molecule has 2 heterocycles. The Bertz CT molecular complexity index is 949. The minimum Gasteiger partial charge on any atom is -0.487 e. The first-order chi connectivity index (χ1) is 12.4. The maximum Gasteiger partial charge on any atom is 0.264 e. The number of hydrogen-bond acceptors (Lipinski definition) is 4. The summed E-state index contributed by atoms with van der Waals surface area (Å²) in [5.74, 6) is 0.783. The van der Waals surface area contributed by atoms with E-state index in [1.54, 1.807) is 12.1 Å². The highest BCUT2D eigenvalue weighted by atomic mass is 35.5. The van der Waals surface area contributed by atoms with E-state index in [1.165, 1.54) is 17.3 Å². The minimum atomic E-state index is -0.175. The Kier molecular flexibility index (Phi) is 4.29. The van der Waals surface area contributed by atoms with Crippen molar-refractivity contribution in [3.8, 4) is 5.75 Å². The van der Waals surface area contributed by atoms with E-state index in [9.17, 15) is 4.79 Å². The lowest BCUT2D eigenvalue weighted by Gasteiger charge is -2.16. The molecule has 0 bridgehead atoms. The average Bonchev–Trinajstić information content (AvgIpc) is 3.07. The van der Waals surface area contributed by atoms with Crippen LogP contribution in [-0.4, -0.2) is 16.7 Å². The van der Waals surface area contributed by atoms with Crippen molar-refractivity contribution in [3.05, 3.63) is 63.5 Å². The van der Waals surface area contributed by atoms with Gasteiger partial charge in [-0.3, -0.25) is 4.79 Å². The molecule has 6 heteroatoms. The number of amides is 1. The summed E-state index contributed by atoms with van der Waals surface area (Å²) in [6.45, 7) is 4.15. The Morgan fingerprint density at radius 3 is 2.77 bits per heavy atom. The summed E-state index contributed by atoms with van der Waals surface area (Å²) in [5.41, 5.74) is 2.72. The summed E-state index contributed by atoms with van der Waals surface area (Å²) in [6, 6.07) is 13.2. The zero-order chi connectivity index (χ0) is 18.3. The van der Waals surface area contributed by atoms with Crippen LogP contribution in [-0.2, 0) is 11.2 Å². The number of carbonyl (C=O) groups is 1. The number of carbonyl (C=O) groups excluding carboxylic acids is 1. The number of thioether (sulfide) groups is 1. The first kappa shape index (κ1) is 17.2. The summed E-state index contributed by atoms with van der Waals surface area (Å²) >= 11 is 7.21. The zero-order valence-corrected chi connectivity index (χ0v) is 15.9. The molecule has 2 aromatic rings. The van der Waals surface area contributed by atoms with E-state index < -0.39 is 0 Å². The molecule has 0 aliphatic carbocycles. The second-order valence-corrected chi connectivity index (χ2v) is 8.33. The number of nitrogens with zero attached hydrogens (tertiary/aromatic N) is 1. The smallest absolute Gasteiger partial charge is 0.264 e. The molecule has 1 amide bonds. The fourth-order valence-corrected chi connectivity index (χ4v) is 3.95. The molecule has 0 saturated carbocycles. The van der Waals surface area contributed by atoms with Crippen molar-refractivity contribution in [2.45, 2.75) is 25.9 Å². The fourth-order valence-electron chi connectivity index (χ4n) is 2.98. The van der Waals surface area contributed by atoms with E-state index in [0.717, 1.165) is 23.4 Å². The van der Waals surface area contributed by atoms with Gasteiger partial charge >= 0.3 is 0 Å². The lowest BCUT2D eigenvalue weighted by molar-refractivity contribution is -0.115. The quantitative estimate of drug-likeness (QED) is 0.745. The third kappa shape index (κ3) is 3.64. The van der Waals surface area contributed by atoms with Gasteiger partial charge in [0.2, 0.25) is 0 Å². The lowest BCUT2D eigenvalue weighted by atomic mass is 10.00. The molecule has 1 fully saturated rings. The van der Waals surface area contributed by atoms with Gasteiger partial charge in [-0.05, 0) is 79.2 Å². The molecule has 2 aromatic carbocycles. The van der Waals surface area contributed by atoms with Crippen LogP contribution in [0, 0.1) is 0 Å². The van der Waals surface area contributed by atoms with Crippen LogP contribution in [0.2, 0.25) is 5.02 Å². The molecular weight excluding hydrogens is 368 g/mol. The van der Waals surface area contributed by atoms with Gasteiger partial charge in [-0.15, -0.1) is 0 Å². The molecule has 0 aromatic heterocycles. The van der Waals surface area contributed by atoms with Crippen LogP contribution < -0.4 is 10.1 Å². The summed E-state index contributed by atoms with van der Waals surface area (Å²) in [4.78, 5) is 17.3. The summed E-state index contributed by atoms with van der Waals surface area (Å²) < 4.78 is 5.90. The second kappa shape index (κ2) is 6.49. The highest BCUT2D eigenvalue weighted by Gasteiger charge is 2.30. The molecule has 1 saturated heterocycles. The van der Waals surface area contributed by atoms with Crippen LogP contribution in [0.3, 0.4) is 0 Å². The van der Waals surface area contributed by atoms with Crippen molar-refractivity contribution in [1.29, 1.82) is 0 Å².